The first kappa shape index (κ1) is 28.1. The average molecular weight is 539 g/mol. The number of hydrogen-bond acceptors (Lipinski definition) is 7. The Hall–Kier alpha value is -2.47. The number of amides is 1. The van der Waals surface area contributed by atoms with Crippen molar-refractivity contribution in [3.8, 4) is 11.3 Å². The van der Waals surface area contributed by atoms with Gasteiger partial charge in [0, 0.05) is 31.8 Å². The van der Waals surface area contributed by atoms with E-state index in [2.05, 4.69) is 24.6 Å². The van der Waals surface area contributed by atoms with Gasteiger partial charge in [-0.15, -0.1) is 0 Å². The Labute approximate surface area is 217 Å². The maximum Gasteiger partial charge on any atom is 0.437 e. The topological polar surface area (TPSA) is 109 Å². The molecule has 1 amide bonds. The van der Waals surface area contributed by atoms with Gasteiger partial charge in [-0.2, -0.15) is 0 Å². The zero-order valence-electron chi connectivity index (χ0n) is 21.7. The standard InChI is InChI=1S/C24H35ClN4O6Si/c1-24(2,3)35-23(30)28-7-8-33-15-21(28)18-11-17(12-19(25)13-18)20-14-27(22(26-20)29(31)32)16-34-9-10-36(4,5)6/h11-14,21H,7-10,15-16H2,1-6H3/t21-/m0/s1. The van der Waals surface area contributed by atoms with Gasteiger partial charge in [-0.05, 0) is 55.5 Å². The molecule has 10 nitrogen and oxygen atoms in total. The number of carbonyl (C=O) groups excluding carboxylic acids is 1. The van der Waals surface area contributed by atoms with Crippen molar-refractivity contribution in [3.05, 3.63) is 45.1 Å². The summed E-state index contributed by atoms with van der Waals surface area (Å²) in [6.07, 6.45) is 1.15. The molecule has 0 aliphatic carbocycles. The number of rotatable bonds is 8. The maximum absolute atomic E-state index is 12.9. The first-order valence-electron chi connectivity index (χ1n) is 11.9. The maximum atomic E-state index is 12.9. The lowest BCUT2D eigenvalue weighted by atomic mass is 10.0. The van der Waals surface area contributed by atoms with Gasteiger partial charge in [0.05, 0.1) is 19.3 Å². The summed E-state index contributed by atoms with van der Waals surface area (Å²) in [5, 5.41) is 12.1. The van der Waals surface area contributed by atoms with Crippen LogP contribution in [0.1, 0.15) is 32.4 Å². The number of halogens is 1. The lowest BCUT2D eigenvalue weighted by molar-refractivity contribution is -0.397. The summed E-state index contributed by atoms with van der Waals surface area (Å²) in [7, 11) is -1.28. The molecular weight excluding hydrogens is 504 g/mol. The van der Waals surface area contributed by atoms with Crippen LogP contribution in [0.4, 0.5) is 10.7 Å². The summed E-state index contributed by atoms with van der Waals surface area (Å²) in [5.41, 5.74) is 1.07. The van der Waals surface area contributed by atoms with Gasteiger partial charge >= 0.3 is 12.0 Å². The van der Waals surface area contributed by atoms with Crippen molar-refractivity contribution < 1.29 is 23.9 Å². The van der Waals surface area contributed by atoms with Crippen LogP contribution in [0.25, 0.3) is 11.3 Å². The number of carbonyl (C=O) groups is 1. The largest absolute Gasteiger partial charge is 0.444 e. The zero-order valence-corrected chi connectivity index (χ0v) is 23.5. The third-order valence-corrected chi connectivity index (χ3v) is 7.43. The van der Waals surface area contributed by atoms with Crippen molar-refractivity contribution in [1.82, 2.24) is 14.5 Å². The molecule has 1 aromatic carbocycles. The summed E-state index contributed by atoms with van der Waals surface area (Å²) in [6, 6.07) is 5.80. The molecule has 3 rings (SSSR count). The normalized spacial score (nSPS) is 16.8. The second-order valence-electron chi connectivity index (χ2n) is 11.0. The highest BCUT2D eigenvalue weighted by molar-refractivity contribution is 6.76. The van der Waals surface area contributed by atoms with Crippen molar-refractivity contribution in [2.24, 2.45) is 0 Å². The van der Waals surface area contributed by atoms with Gasteiger partial charge in [0.25, 0.3) is 0 Å². The van der Waals surface area contributed by atoms with Crippen molar-refractivity contribution in [1.29, 1.82) is 0 Å². The Morgan fingerprint density at radius 3 is 2.67 bits per heavy atom. The molecule has 2 aromatic rings. The van der Waals surface area contributed by atoms with Crippen LogP contribution in [-0.2, 0) is 20.9 Å². The Bertz CT molecular complexity index is 1100. The minimum Gasteiger partial charge on any atom is -0.444 e. The molecule has 1 aliphatic heterocycles. The molecular formula is C24H35ClN4O6Si. The average Bonchev–Trinajstić information content (AvgIpc) is 3.19. The van der Waals surface area contributed by atoms with Gasteiger partial charge in [-0.25, -0.2) is 9.36 Å². The minimum absolute atomic E-state index is 0.0318. The summed E-state index contributed by atoms with van der Waals surface area (Å²) in [5.74, 6) is -0.309. The Morgan fingerprint density at radius 2 is 2.03 bits per heavy atom. The third kappa shape index (κ3) is 7.76. The van der Waals surface area contributed by atoms with Gasteiger partial charge in [-0.1, -0.05) is 36.2 Å². The first-order valence-corrected chi connectivity index (χ1v) is 16.0. The summed E-state index contributed by atoms with van der Waals surface area (Å²) >= 11 is 6.44. The van der Waals surface area contributed by atoms with Gasteiger partial charge in [0.15, 0.2) is 12.4 Å². The number of aromatic nitrogens is 2. The predicted molar refractivity (Wildman–Crippen MR) is 140 cm³/mol. The second kappa shape index (κ2) is 11.3. The number of ether oxygens (including phenoxy) is 3. The highest BCUT2D eigenvalue weighted by Gasteiger charge is 2.33. The number of benzene rings is 1. The smallest absolute Gasteiger partial charge is 0.437 e. The van der Waals surface area contributed by atoms with Crippen molar-refractivity contribution in [3.63, 3.8) is 0 Å². The van der Waals surface area contributed by atoms with Crippen molar-refractivity contribution in [2.75, 3.05) is 26.4 Å². The van der Waals surface area contributed by atoms with Crippen LogP contribution in [0.5, 0.6) is 0 Å². The highest BCUT2D eigenvalue weighted by Crippen LogP contribution is 2.33. The molecule has 0 saturated carbocycles. The van der Waals surface area contributed by atoms with Gasteiger partial charge in [-0.3, -0.25) is 4.90 Å². The number of imidazole rings is 1. The van der Waals surface area contributed by atoms with Crippen LogP contribution in [0.2, 0.25) is 30.7 Å². The van der Waals surface area contributed by atoms with E-state index in [0.717, 1.165) is 11.6 Å². The van der Waals surface area contributed by atoms with E-state index < -0.39 is 30.7 Å². The van der Waals surface area contributed by atoms with Crippen LogP contribution in [0.3, 0.4) is 0 Å². The quantitative estimate of drug-likeness (QED) is 0.182. The molecule has 0 radical (unpaired) electrons. The van der Waals surface area contributed by atoms with E-state index in [1.165, 1.54) is 4.57 Å². The fraction of sp³-hybridized carbons (Fsp3) is 0.583. The van der Waals surface area contributed by atoms with Crippen molar-refractivity contribution in [2.45, 2.75) is 64.8 Å². The summed E-state index contributed by atoms with van der Waals surface area (Å²) in [6.45, 7) is 13.8. The number of nitro groups is 1. The summed E-state index contributed by atoms with van der Waals surface area (Å²) in [4.78, 5) is 29.8. The van der Waals surface area contributed by atoms with E-state index in [4.69, 9.17) is 25.8 Å². The molecule has 1 atom stereocenters. The molecule has 0 bridgehead atoms. The SMILES string of the molecule is CC(C)(C)OC(=O)N1CCOC[C@H]1c1cc(Cl)cc(-c2cn(COCC[Si](C)(C)C)c([N+](=O)[O-])n2)c1. The van der Waals surface area contributed by atoms with Gasteiger partial charge < -0.3 is 24.3 Å². The Balaban J connectivity index is 1.87. The fourth-order valence-corrected chi connectivity index (χ4v) is 4.70. The molecule has 1 saturated heterocycles. The third-order valence-electron chi connectivity index (χ3n) is 5.50. The number of morpholine rings is 1. The lowest BCUT2D eigenvalue weighted by Crippen LogP contribution is -2.45. The molecule has 1 aromatic heterocycles. The fourth-order valence-electron chi connectivity index (χ4n) is 3.70. The van der Waals surface area contributed by atoms with Crippen LogP contribution >= 0.6 is 11.6 Å². The molecule has 198 valence electrons. The van der Waals surface area contributed by atoms with Gasteiger partial charge in [0.2, 0.25) is 0 Å². The number of hydrogen-bond donors (Lipinski definition) is 0. The highest BCUT2D eigenvalue weighted by atomic mass is 35.5. The number of nitrogens with zero attached hydrogens (tertiary/aromatic N) is 4. The van der Waals surface area contributed by atoms with E-state index in [-0.39, 0.29) is 19.3 Å². The molecule has 36 heavy (non-hydrogen) atoms. The molecule has 1 fully saturated rings. The summed E-state index contributed by atoms with van der Waals surface area (Å²) < 4.78 is 18.3. The molecule has 1 aliphatic rings. The second-order valence-corrected chi connectivity index (χ2v) is 17.1. The first-order chi connectivity index (χ1) is 16.7. The van der Waals surface area contributed by atoms with Crippen LogP contribution in [-0.4, -0.2) is 65.5 Å². The molecule has 0 N–H and O–H groups in total. The van der Waals surface area contributed by atoms with Gasteiger partial charge in [0.1, 0.15) is 11.8 Å². The van der Waals surface area contributed by atoms with Crippen LogP contribution < -0.4 is 0 Å². The molecule has 0 spiro atoms. The Morgan fingerprint density at radius 1 is 1.31 bits per heavy atom. The monoisotopic (exact) mass is 538 g/mol. The molecule has 0 unspecified atom stereocenters. The minimum atomic E-state index is -1.28. The molecule has 12 heteroatoms. The van der Waals surface area contributed by atoms with E-state index in [1.807, 2.05) is 26.8 Å². The lowest BCUT2D eigenvalue weighted by Gasteiger charge is -2.37. The van der Waals surface area contributed by atoms with Crippen molar-refractivity contribution >= 4 is 31.7 Å². The van der Waals surface area contributed by atoms with Crippen LogP contribution in [0.15, 0.2) is 24.4 Å². The van der Waals surface area contributed by atoms with E-state index in [0.29, 0.717) is 36.0 Å². The molecule has 2 heterocycles. The van der Waals surface area contributed by atoms with Crippen LogP contribution in [0, 0.1) is 10.1 Å². The zero-order chi connectivity index (χ0) is 26.7. The van der Waals surface area contributed by atoms with E-state index in [9.17, 15) is 14.9 Å². The van der Waals surface area contributed by atoms with E-state index >= 15 is 0 Å². The predicted octanol–water partition coefficient (Wildman–Crippen LogP) is 5.73. The Kier molecular flexibility index (Phi) is 8.81. The van der Waals surface area contributed by atoms with E-state index in [1.54, 1.807) is 23.2 Å².